The topological polar surface area (TPSA) is 45.9 Å². The molecule has 0 amide bonds. The van der Waals surface area contributed by atoms with Crippen LogP contribution in [-0.4, -0.2) is 4.98 Å². The van der Waals surface area contributed by atoms with Crippen molar-refractivity contribution in [1.29, 1.82) is 5.26 Å². The van der Waals surface area contributed by atoms with Gasteiger partial charge in [-0.05, 0) is 44.0 Å². The number of rotatable bonds is 2. The SMILES string of the molecule is Cc1ccc(Oc2nccc(C)c2C#N)c(C)c1. The molecular formula is C15H14N2O. The molecule has 0 unspecified atom stereocenters. The van der Waals surface area contributed by atoms with E-state index in [1.54, 1.807) is 12.3 Å². The molecule has 0 aliphatic carbocycles. The number of nitriles is 1. The standard InChI is InChI=1S/C15H14N2O/c1-10-4-5-14(12(3)8-10)18-15-13(9-16)11(2)6-7-17-15/h4-8H,1-3H3. The maximum atomic E-state index is 9.12. The molecule has 0 saturated heterocycles. The van der Waals surface area contributed by atoms with E-state index >= 15 is 0 Å². The summed E-state index contributed by atoms with van der Waals surface area (Å²) in [5.41, 5.74) is 3.56. The van der Waals surface area contributed by atoms with Gasteiger partial charge in [0.05, 0.1) is 0 Å². The number of pyridine rings is 1. The van der Waals surface area contributed by atoms with Gasteiger partial charge in [-0.3, -0.25) is 0 Å². The summed E-state index contributed by atoms with van der Waals surface area (Å²) < 4.78 is 5.73. The molecule has 0 bridgehead atoms. The second kappa shape index (κ2) is 4.89. The van der Waals surface area contributed by atoms with Gasteiger partial charge in [0.25, 0.3) is 0 Å². The average Bonchev–Trinajstić information content (AvgIpc) is 2.33. The van der Waals surface area contributed by atoms with Gasteiger partial charge < -0.3 is 4.74 Å². The molecule has 0 N–H and O–H groups in total. The van der Waals surface area contributed by atoms with E-state index in [1.165, 1.54) is 5.56 Å². The van der Waals surface area contributed by atoms with Crippen molar-refractivity contribution < 1.29 is 4.74 Å². The molecule has 1 aromatic carbocycles. The molecule has 90 valence electrons. The fourth-order valence-corrected chi connectivity index (χ4v) is 1.76. The summed E-state index contributed by atoms with van der Waals surface area (Å²) in [6.45, 7) is 5.88. The summed E-state index contributed by atoms with van der Waals surface area (Å²) in [5, 5.41) is 9.12. The molecule has 2 rings (SSSR count). The van der Waals surface area contributed by atoms with Gasteiger partial charge in [-0.2, -0.15) is 5.26 Å². The Morgan fingerprint density at radius 2 is 1.89 bits per heavy atom. The molecule has 3 heteroatoms. The van der Waals surface area contributed by atoms with Crippen LogP contribution >= 0.6 is 0 Å². The maximum absolute atomic E-state index is 9.12. The number of nitrogens with zero attached hydrogens (tertiary/aromatic N) is 2. The maximum Gasteiger partial charge on any atom is 0.237 e. The van der Waals surface area contributed by atoms with Gasteiger partial charge in [0, 0.05) is 6.20 Å². The van der Waals surface area contributed by atoms with Crippen LogP contribution in [0, 0.1) is 32.1 Å². The van der Waals surface area contributed by atoms with Crippen molar-refractivity contribution in [2.24, 2.45) is 0 Å². The quantitative estimate of drug-likeness (QED) is 0.801. The zero-order valence-corrected chi connectivity index (χ0v) is 10.7. The molecule has 1 heterocycles. The molecular weight excluding hydrogens is 224 g/mol. The summed E-state index contributed by atoms with van der Waals surface area (Å²) in [7, 11) is 0. The number of aromatic nitrogens is 1. The molecule has 0 atom stereocenters. The van der Waals surface area contributed by atoms with Crippen molar-refractivity contribution in [3.63, 3.8) is 0 Å². The van der Waals surface area contributed by atoms with E-state index in [9.17, 15) is 0 Å². The Hall–Kier alpha value is -2.34. The van der Waals surface area contributed by atoms with E-state index in [0.29, 0.717) is 11.4 Å². The summed E-state index contributed by atoms with van der Waals surface area (Å²) >= 11 is 0. The molecule has 3 nitrogen and oxygen atoms in total. The third kappa shape index (κ3) is 2.33. The molecule has 0 spiro atoms. The largest absolute Gasteiger partial charge is 0.437 e. The predicted octanol–water partition coefficient (Wildman–Crippen LogP) is 3.67. The minimum absolute atomic E-state index is 0.365. The number of hydrogen-bond donors (Lipinski definition) is 0. The van der Waals surface area contributed by atoms with E-state index in [-0.39, 0.29) is 0 Å². The van der Waals surface area contributed by atoms with Crippen LogP contribution < -0.4 is 4.74 Å². The zero-order valence-electron chi connectivity index (χ0n) is 10.7. The molecule has 0 aliphatic rings. The lowest BCUT2D eigenvalue weighted by molar-refractivity contribution is 0.457. The number of hydrogen-bond acceptors (Lipinski definition) is 3. The Labute approximate surface area is 107 Å². The Bertz CT molecular complexity index is 627. The van der Waals surface area contributed by atoms with Crippen molar-refractivity contribution in [2.45, 2.75) is 20.8 Å². The smallest absolute Gasteiger partial charge is 0.237 e. The Morgan fingerprint density at radius 1 is 1.11 bits per heavy atom. The highest BCUT2D eigenvalue weighted by molar-refractivity contribution is 5.47. The number of aryl methyl sites for hydroxylation is 3. The fourth-order valence-electron chi connectivity index (χ4n) is 1.76. The van der Waals surface area contributed by atoms with Gasteiger partial charge in [-0.15, -0.1) is 0 Å². The zero-order chi connectivity index (χ0) is 13.1. The fraction of sp³-hybridized carbons (Fsp3) is 0.200. The van der Waals surface area contributed by atoms with Crippen LogP contribution in [0.25, 0.3) is 0 Å². The first-order chi connectivity index (χ1) is 8.61. The molecule has 0 radical (unpaired) electrons. The van der Waals surface area contributed by atoms with Gasteiger partial charge in [-0.1, -0.05) is 17.7 Å². The molecule has 0 aliphatic heterocycles. The van der Waals surface area contributed by atoms with Gasteiger partial charge in [0.1, 0.15) is 17.4 Å². The van der Waals surface area contributed by atoms with E-state index in [2.05, 4.69) is 11.1 Å². The van der Waals surface area contributed by atoms with Gasteiger partial charge >= 0.3 is 0 Å². The lowest BCUT2D eigenvalue weighted by atomic mass is 10.1. The van der Waals surface area contributed by atoms with Crippen molar-refractivity contribution in [3.05, 3.63) is 52.7 Å². The second-order valence-corrected chi connectivity index (χ2v) is 4.29. The lowest BCUT2D eigenvalue weighted by Gasteiger charge is -2.10. The summed E-state index contributed by atoms with van der Waals surface area (Å²) in [6, 6.07) is 9.84. The van der Waals surface area contributed by atoms with Crippen molar-refractivity contribution in [3.8, 4) is 17.7 Å². The van der Waals surface area contributed by atoms with E-state index in [4.69, 9.17) is 10.00 Å². The minimum Gasteiger partial charge on any atom is -0.437 e. The molecule has 18 heavy (non-hydrogen) atoms. The third-order valence-electron chi connectivity index (χ3n) is 2.77. The first-order valence-electron chi connectivity index (χ1n) is 5.72. The molecule has 0 fully saturated rings. The normalized spacial score (nSPS) is 9.89. The van der Waals surface area contributed by atoms with E-state index < -0.39 is 0 Å². The number of ether oxygens (including phenoxy) is 1. The van der Waals surface area contributed by atoms with Crippen LogP contribution in [0.2, 0.25) is 0 Å². The van der Waals surface area contributed by atoms with Gasteiger partial charge in [-0.25, -0.2) is 4.98 Å². The van der Waals surface area contributed by atoms with Crippen LogP contribution in [0.3, 0.4) is 0 Å². The van der Waals surface area contributed by atoms with Crippen molar-refractivity contribution in [2.75, 3.05) is 0 Å². The monoisotopic (exact) mass is 238 g/mol. The van der Waals surface area contributed by atoms with E-state index in [0.717, 1.165) is 16.9 Å². The van der Waals surface area contributed by atoms with Crippen LogP contribution in [0.5, 0.6) is 11.6 Å². The Morgan fingerprint density at radius 3 is 2.56 bits per heavy atom. The number of benzene rings is 1. The first-order valence-corrected chi connectivity index (χ1v) is 5.72. The van der Waals surface area contributed by atoms with E-state index in [1.807, 2.05) is 39.0 Å². The van der Waals surface area contributed by atoms with Gasteiger partial charge in [0.15, 0.2) is 0 Å². The Balaban J connectivity index is 2.41. The van der Waals surface area contributed by atoms with Crippen LogP contribution in [-0.2, 0) is 0 Å². The van der Waals surface area contributed by atoms with Crippen molar-refractivity contribution >= 4 is 0 Å². The predicted molar refractivity (Wildman–Crippen MR) is 69.7 cm³/mol. The highest BCUT2D eigenvalue weighted by atomic mass is 16.5. The third-order valence-corrected chi connectivity index (χ3v) is 2.77. The highest BCUT2D eigenvalue weighted by Crippen LogP contribution is 2.27. The second-order valence-electron chi connectivity index (χ2n) is 4.29. The van der Waals surface area contributed by atoms with Crippen LogP contribution in [0.4, 0.5) is 0 Å². The summed E-state index contributed by atoms with van der Waals surface area (Å²) in [5.74, 6) is 1.10. The van der Waals surface area contributed by atoms with Crippen LogP contribution in [0.15, 0.2) is 30.5 Å². The van der Waals surface area contributed by atoms with Gasteiger partial charge in [0.2, 0.25) is 5.88 Å². The first kappa shape index (κ1) is 12.1. The van der Waals surface area contributed by atoms with Crippen LogP contribution in [0.1, 0.15) is 22.3 Å². The average molecular weight is 238 g/mol. The van der Waals surface area contributed by atoms with Crippen molar-refractivity contribution in [1.82, 2.24) is 4.98 Å². The highest BCUT2D eigenvalue weighted by Gasteiger charge is 2.10. The Kier molecular flexibility index (Phi) is 3.29. The lowest BCUT2D eigenvalue weighted by Crippen LogP contribution is -1.95. The molecule has 2 aromatic rings. The summed E-state index contributed by atoms with van der Waals surface area (Å²) in [4.78, 5) is 4.12. The molecule has 0 saturated carbocycles. The minimum atomic E-state index is 0.365. The summed E-state index contributed by atoms with van der Waals surface area (Å²) in [6.07, 6.45) is 1.65. The molecule has 1 aromatic heterocycles.